The fourth-order valence-corrected chi connectivity index (χ4v) is 4.03. The van der Waals surface area contributed by atoms with E-state index in [1.807, 2.05) is 0 Å². The van der Waals surface area contributed by atoms with Gasteiger partial charge in [0.1, 0.15) is 29.2 Å². The maximum Gasteiger partial charge on any atom is 0.526 e. The van der Waals surface area contributed by atoms with Gasteiger partial charge in [-0.2, -0.15) is 0 Å². The van der Waals surface area contributed by atoms with Crippen LogP contribution in [0.4, 0.5) is 0 Å². The predicted molar refractivity (Wildman–Crippen MR) is 99.6 cm³/mol. The second-order valence-electron chi connectivity index (χ2n) is 7.63. The number of H-pyrrole nitrogens is 1. The first-order valence-electron chi connectivity index (χ1n) is 9.38. The van der Waals surface area contributed by atoms with Crippen molar-refractivity contribution in [2.45, 2.75) is 30.3 Å². The quantitative estimate of drug-likeness (QED) is 0.519. The molecule has 1 aromatic carbocycles. The fraction of sp³-hybridized carbons (Fsp3) is 0.389. The highest BCUT2D eigenvalue weighted by Crippen LogP contribution is 2.60. The molecule has 3 aliphatic rings. The first-order chi connectivity index (χ1) is 13.9. The minimum absolute atomic E-state index is 0.0286. The summed E-state index contributed by atoms with van der Waals surface area (Å²) in [4.78, 5) is 32.6. The second-order valence-corrected chi connectivity index (χ2v) is 7.63. The number of likely N-dealkylation sites (tertiary alicyclic amines) is 1. The van der Waals surface area contributed by atoms with Crippen LogP contribution in [0.3, 0.4) is 0 Å². The van der Waals surface area contributed by atoms with Gasteiger partial charge in [0.2, 0.25) is 5.91 Å². The summed E-state index contributed by atoms with van der Waals surface area (Å²) in [6, 6.07) is 2.56. The zero-order valence-electron chi connectivity index (χ0n) is 15.3. The third kappa shape index (κ3) is 2.93. The lowest BCUT2D eigenvalue weighted by Gasteiger charge is -2.40. The van der Waals surface area contributed by atoms with Crippen molar-refractivity contribution in [2.24, 2.45) is 5.73 Å². The Morgan fingerprint density at radius 3 is 2.90 bits per heavy atom. The van der Waals surface area contributed by atoms with Crippen LogP contribution in [0.5, 0.6) is 11.5 Å². The summed E-state index contributed by atoms with van der Waals surface area (Å²) < 4.78 is 11.3. The van der Waals surface area contributed by atoms with Crippen LogP contribution in [0.2, 0.25) is 5.82 Å². The molecule has 1 aliphatic carbocycles. The first-order valence-corrected chi connectivity index (χ1v) is 9.38. The van der Waals surface area contributed by atoms with Crippen molar-refractivity contribution in [3.8, 4) is 11.5 Å². The highest BCUT2D eigenvalue weighted by atomic mass is 16.5. The highest BCUT2D eigenvalue weighted by molar-refractivity contribution is 6.48. The highest BCUT2D eigenvalue weighted by Gasteiger charge is 2.54. The summed E-state index contributed by atoms with van der Waals surface area (Å²) in [5.74, 6) is -0.963. The standard InChI is InChI=1S/C18H19BN4O6/c20-15(12-4-21-7-22-12)17(24)23-5-8(6-23)28-13-2-1-9-10-3-11(10)19(27)29-16(9)14(13)18(25)26/h1-2,4,7-8,10-11,15,27H,3,5-6,20H2,(H,21,22)(H,25,26)/t10?,11-,15-/m1/s1. The molecule has 150 valence electrons. The van der Waals surface area contributed by atoms with Crippen molar-refractivity contribution in [3.63, 3.8) is 0 Å². The number of carboxylic acids is 1. The van der Waals surface area contributed by atoms with E-state index in [1.54, 1.807) is 18.3 Å². The van der Waals surface area contributed by atoms with Crippen LogP contribution in [0.25, 0.3) is 0 Å². The lowest BCUT2D eigenvalue weighted by Crippen LogP contribution is -2.58. The number of rotatable bonds is 5. The van der Waals surface area contributed by atoms with E-state index in [4.69, 9.17) is 15.1 Å². The molecule has 3 heterocycles. The van der Waals surface area contributed by atoms with Gasteiger partial charge in [0.25, 0.3) is 0 Å². The van der Waals surface area contributed by atoms with Gasteiger partial charge >= 0.3 is 13.1 Å². The Kier molecular flexibility index (Phi) is 4.03. The molecule has 2 fully saturated rings. The van der Waals surface area contributed by atoms with E-state index in [0.717, 1.165) is 12.0 Å². The molecular weight excluding hydrogens is 379 g/mol. The van der Waals surface area contributed by atoms with E-state index < -0.39 is 19.1 Å². The molecule has 2 aromatic rings. The number of aromatic carboxylic acids is 1. The zero-order chi connectivity index (χ0) is 20.3. The summed E-state index contributed by atoms with van der Waals surface area (Å²) in [6.07, 6.45) is 3.45. The fourth-order valence-electron chi connectivity index (χ4n) is 4.03. The Morgan fingerprint density at radius 1 is 1.41 bits per heavy atom. The van der Waals surface area contributed by atoms with Crippen molar-refractivity contribution >= 4 is 19.0 Å². The number of nitrogens with two attached hydrogens (primary N) is 1. The maximum absolute atomic E-state index is 12.4. The van der Waals surface area contributed by atoms with E-state index in [1.165, 1.54) is 11.2 Å². The monoisotopic (exact) mass is 398 g/mol. The van der Waals surface area contributed by atoms with Gasteiger partial charge in [-0.05, 0) is 24.0 Å². The number of carboxylic acid groups (broad SMARTS) is 1. The number of nitrogens with zero attached hydrogens (tertiary/aromatic N) is 2. The molecule has 5 N–H and O–H groups in total. The van der Waals surface area contributed by atoms with Gasteiger partial charge in [-0.1, -0.05) is 6.07 Å². The van der Waals surface area contributed by atoms with Crippen molar-refractivity contribution in [1.29, 1.82) is 0 Å². The van der Waals surface area contributed by atoms with Gasteiger partial charge in [-0.3, -0.25) is 4.79 Å². The Morgan fingerprint density at radius 2 is 2.21 bits per heavy atom. The molecule has 1 amide bonds. The molecule has 2 aliphatic heterocycles. The number of ether oxygens (including phenoxy) is 1. The number of aromatic amines is 1. The van der Waals surface area contributed by atoms with Crippen molar-refractivity contribution in [1.82, 2.24) is 14.9 Å². The minimum Gasteiger partial charge on any atom is -0.535 e. The van der Waals surface area contributed by atoms with Crippen molar-refractivity contribution in [3.05, 3.63) is 41.5 Å². The van der Waals surface area contributed by atoms with Gasteiger partial charge in [0.05, 0.1) is 25.1 Å². The molecule has 1 saturated heterocycles. The Hall–Kier alpha value is -3.05. The molecule has 0 bridgehead atoms. The summed E-state index contributed by atoms with van der Waals surface area (Å²) >= 11 is 0. The summed E-state index contributed by atoms with van der Waals surface area (Å²) in [5.41, 5.74) is 7.08. The van der Waals surface area contributed by atoms with Gasteiger partial charge < -0.3 is 35.1 Å². The number of aromatic nitrogens is 2. The molecule has 0 spiro atoms. The Labute approximate surface area is 165 Å². The molecule has 0 radical (unpaired) electrons. The third-order valence-electron chi connectivity index (χ3n) is 5.77. The molecule has 11 heteroatoms. The van der Waals surface area contributed by atoms with Crippen molar-refractivity contribution < 1.29 is 29.1 Å². The van der Waals surface area contributed by atoms with E-state index in [2.05, 4.69) is 9.97 Å². The summed E-state index contributed by atoms with van der Waals surface area (Å²) in [7, 11) is -0.999. The zero-order valence-corrected chi connectivity index (χ0v) is 15.3. The average molecular weight is 398 g/mol. The van der Waals surface area contributed by atoms with Crippen LogP contribution in [0, 0.1) is 0 Å². The topological polar surface area (TPSA) is 151 Å². The molecule has 1 aromatic heterocycles. The SMILES string of the molecule is N[C@@H](C(=O)N1CC(Oc2ccc3c(c2C(=O)O)OB(O)[C@@H]2CC32)C1)c1c[nH]cn1. The second kappa shape index (κ2) is 6.50. The molecule has 10 nitrogen and oxygen atoms in total. The van der Waals surface area contributed by atoms with Crippen molar-refractivity contribution in [2.75, 3.05) is 13.1 Å². The van der Waals surface area contributed by atoms with Crippen LogP contribution in [-0.4, -0.2) is 63.2 Å². The minimum atomic E-state index is -1.18. The number of hydrogen-bond donors (Lipinski definition) is 4. The van der Waals surface area contributed by atoms with Gasteiger partial charge in [0, 0.05) is 12.0 Å². The van der Waals surface area contributed by atoms with Gasteiger partial charge in [-0.25, -0.2) is 9.78 Å². The number of imidazole rings is 1. The summed E-state index contributed by atoms with van der Waals surface area (Å²) in [6.45, 7) is 0.586. The molecule has 29 heavy (non-hydrogen) atoms. The first kappa shape index (κ1) is 18.0. The molecule has 1 saturated carbocycles. The molecule has 3 atom stereocenters. The number of carbonyl (C=O) groups excluding carboxylic acids is 1. The maximum atomic E-state index is 12.4. The Bertz CT molecular complexity index is 977. The third-order valence-corrected chi connectivity index (χ3v) is 5.77. The van der Waals surface area contributed by atoms with E-state index in [-0.39, 0.29) is 40.8 Å². The number of carbonyl (C=O) groups is 2. The molecular formula is C18H19BN4O6. The smallest absolute Gasteiger partial charge is 0.526 e. The van der Waals surface area contributed by atoms with E-state index >= 15 is 0 Å². The largest absolute Gasteiger partial charge is 0.535 e. The molecule has 1 unspecified atom stereocenters. The average Bonchev–Trinajstić information content (AvgIpc) is 3.29. The van der Waals surface area contributed by atoms with Crippen LogP contribution in [0.15, 0.2) is 24.7 Å². The van der Waals surface area contributed by atoms with Gasteiger partial charge in [0.15, 0.2) is 0 Å². The summed E-state index contributed by atoms with van der Waals surface area (Å²) in [5, 5.41) is 19.7. The van der Waals surface area contributed by atoms with Gasteiger partial charge in [-0.15, -0.1) is 0 Å². The number of benzene rings is 1. The Balaban J connectivity index is 1.29. The molecule has 5 rings (SSSR count). The number of fused-ring (bicyclic) bond motifs is 3. The number of nitrogens with one attached hydrogen (secondary N) is 1. The normalized spacial score (nSPS) is 23.4. The number of hydrogen-bond acceptors (Lipinski definition) is 7. The van der Waals surface area contributed by atoms with Crippen LogP contribution in [-0.2, 0) is 4.79 Å². The van der Waals surface area contributed by atoms with Crippen LogP contribution >= 0.6 is 0 Å². The predicted octanol–water partition coefficient (Wildman–Crippen LogP) is 0.128. The van der Waals surface area contributed by atoms with Crippen LogP contribution < -0.4 is 15.1 Å². The van der Waals surface area contributed by atoms with E-state index in [9.17, 15) is 19.7 Å². The lowest BCUT2D eigenvalue weighted by atomic mass is 9.77. The van der Waals surface area contributed by atoms with E-state index in [0.29, 0.717) is 18.8 Å². The lowest BCUT2D eigenvalue weighted by molar-refractivity contribution is -0.141. The van der Waals surface area contributed by atoms with Crippen LogP contribution in [0.1, 0.15) is 40.0 Å². The number of amides is 1.